The number of halogens is 1. The van der Waals surface area contributed by atoms with Gasteiger partial charge in [0.25, 0.3) is 0 Å². The van der Waals surface area contributed by atoms with Crippen LogP contribution in [0.3, 0.4) is 0 Å². The Bertz CT molecular complexity index is 817. The Morgan fingerprint density at radius 1 is 1.08 bits per heavy atom. The van der Waals surface area contributed by atoms with Crippen LogP contribution in [0.25, 0.3) is 0 Å². The van der Waals surface area contributed by atoms with Crippen molar-refractivity contribution in [2.45, 2.75) is 19.4 Å². The smallest absolute Gasteiger partial charge is 0.335 e. The van der Waals surface area contributed by atoms with Gasteiger partial charge in [-0.3, -0.25) is 9.59 Å². The maximum Gasteiger partial charge on any atom is 0.335 e. The first-order valence-electron chi connectivity index (χ1n) is 7.86. The molecular weight excluding hydrogens is 358 g/mol. The Kier molecular flexibility index (Phi) is 6.74. The van der Waals surface area contributed by atoms with Gasteiger partial charge in [-0.05, 0) is 35.9 Å². The van der Waals surface area contributed by atoms with Crippen molar-refractivity contribution >= 4 is 29.3 Å². The van der Waals surface area contributed by atoms with Gasteiger partial charge >= 0.3 is 5.97 Å². The fourth-order valence-corrected chi connectivity index (χ4v) is 2.49. The molecule has 2 aromatic carbocycles. The second kappa shape index (κ2) is 9.01. The quantitative estimate of drug-likeness (QED) is 0.690. The molecule has 0 aromatic heterocycles. The molecular formula is C19H18ClNO5. The molecule has 136 valence electrons. The number of carboxylic acids is 1. The molecule has 0 radical (unpaired) electrons. The Balaban J connectivity index is 1.86. The van der Waals surface area contributed by atoms with E-state index in [1.165, 1.54) is 25.3 Å². The zero-order chi connectivity index (χ0) is 19.1. The van der Waals surface area contributed by atoms with Gasteiger partial charge in [0.1, 0.15) is 5.75 Å². The summed E-state index contributed by atoms with van der Waals surface area (Å²) < 4.78 is 5.14. The number of benzene rings is 2. The molecule has 6 nitrogen and oxygen atoms in total. The minimum atomic E-state index is -1.00. The molecule has 0 unspecified atom stereocenters. The predicted octanol–water partition coefficient (Wildman–Crippen LogP) is 3.33. The highest BCUT2D eigenvalue weighted by Gasteiger charge is 2.14. The van der Waals surface area contributed by atoms with E-state index in [1.807, 2.05) is 0 Å². The Hall–Kier alpha value is -2.86. The van der Waals surface area contributed by atoms with Crippen LogP contribution in [-0.2, 0) is 11.3 Å². The van der Waals surface area contributed by atoms with Crippen molar-refractivity contribution in [1.82, 2.24) is 5.32 Å². The number of nitrogens with one attached hydrogen (secondary N) is 1. The first-order chi connectivity index (χ1) is 12.4. The normalized spacial score (nSPS) is 10.2. The van der Waals surface area contributed by atoms with Gasteiger partial charge in [-0.25, -0.2) is 4.79 Å². The van der Waals surface area contributed by atoms with E-state index in [0.717, 1.165) is 5.56 Å². The first kappa shape index (κ1) is 19.5. The van der Waals surface area contributed by atoms with Gasteiger partial charge in [-0.15, -0.1) is 0 Å². The summed E-state index contributed by atoms with van der Waals surface area (Å²) in [4.78, 5) is 35.0. The number of carbonyl (C=O) groups is 3. The highest BCUT2D eigenvalue weighted by Crippen LogP contribution is 2.24. The van der Waals surface area contributed by atoms with Crippen molar-refractivity contribution < 1.29 is 24.2 Å². The van der Waals surface area contributed by atoms with E-state index in [9.17, 15) is 14.4 Å². The van der Waals surface area contributed by atoms with Gasteiger partial charge in [0.15, 0.2) is 5.78 Å². The molecule has 26 heavy (non-hydrogen) atoms. The zero-order valence-corrected chi connectivity index (χ0v) is 14.9. The molecule has 0 heterocycles. The number of carbonyl (C=O) groups excluding carboxylic acids is 2. The largest absolute Gasteiger partial charge is 0.496 e. The van der Waals surface area contributed by atoms with Crippen molar-refractivity contribution in [3.63, 3.8) is 0 Å². The van der Waals surface area contributed by atoms with E-state index in [1.54, 1.807) is 24.3 Å². The van der Waals surface area contributed by atoms with E-state index in [2.05, 4.69) is 5.32 Å². The van der Waals surface area contributed by atoms with E-state index < -0.39 is 5.97 Å². The SMILES string of the molecule is COc1ccc(Cl)cc1C(=O)CCC(=O)NCc1ccc(C(=O)O)cc1. The molecule has 0 saturated heterocycles. The van der Waals surface area contributed by atoms with Gasteiger partial charge < -0.3 is 15.2 Å². The number of carboxylic acid groups (broad SMARTS) is 1. The lowest BCUT2D eigenvalue weighted by atomic mass is 10.1. The van der Waals surface area contributed by atoms with Crippen LogP contribution in [0.5, 0.6) is 5.75 Å². The summed E-state index contributed by atoms with van der Waals surface area (Å²) in [5.41, 5.74) is 1.30. The molecule has 0 atom stereocenters. The molecule has 0 aliphatic heterocycles. The lowest BCUT2D eigenvalue weighted by Crippen LogP contribution is -2.23. The fourth-order valence-electron chi connectivity index (χ4n) is 2.31. The lowest BCUT2D eigenvalue weighted by Gasteiger charge is -2.09. The van der Waals surface area contributed by atoms with E-state index in [0.29, 0.717) is 16.3 Å². The van der Waals surface area contributed by atoms with Crippen LogP contribution in [0.1, 0.15) is 39.1 Å². The molecule has 0 spiro atoms. The van der Waals surface area contributed by atoms with Gasteiger partial charge in [0, 0.05) is 24.4 Å². The number of rotatable bonds is 8. The summed E-state index contributed by atoms with van der Waals surface area (Å²) in [5.74, 6) is -1.10. The third-order valence-corrected chi connectivity index (χ3v) is 3.97. The Morgan fingerprint density at radius 3 is 2.38 bits per heavy atom. The van der Waals surface area contributed by atoms with Crippen LogP contribution in [-0.4, -0.2) is 29.9 Å². The molecule has 0 aliphatic rings. The van der Waals surface area contributed by atoms with E-state index >= 15 is 0 Å². The van der Waals surface area contributed by atoms with Crippen molar-refractivity contribution in [2.24, 2.45) is 0 Å². The molecule has 1 amide bonds. The monoisotopic (exact) mass is 375 g/mol. The highest BCUT2D eigenvalue weighted by atomic mass is 35.5. The molecule has 7 heteroatoms. The number of hydrogen-bond acceptors (Lipinski definition) is 4. The number of methoxy groups -OCH3 is 1. The predicted molar refractivity (Wildman–Crippen MR) is 96.8 cm³/mol. The number of hydrogen-bond donors (Lipinski definition) is 2. The summed E-state index contributed by atoms with van der Waals surface area (Å²) in [6, 6.07) is 11.0. The first-order valence-corrected chi connectivity index (χ1v) is 8.24. The summed E-state index contributed by atoms with van der Waals surface area (Å²) >= 11 is 5.90. The zero-order valence-electron chi connectivity index (χ0n) is 14.1. The average Bonchev–Trinajstić information content (AvgIpc) is 2.64. The average molecular weight is 376 g/mol. The van der Waals surface area contributed by atoms with E-state index in [-0.39, 0.29) is 36.6 Å². The summed E-state index contributed by atoms with van der Waals surface area (Å²) in [7, 11) is 1.46. The fraction of sp³-hybridized carbons (Fsp3) is 0.211. The third kappa shape index (κ3) is 5.32. The summed E-state index contributed by atoms with van der Waals surface area (Å²) in [5, 5.41) is 12.0. The van der Waals surface area contributed by atoms with Crippen LogP contribution in [0, 0.1) is 0 Å². The van der Waals surface area contributed by atoms with Crippen LogP contribution >= 0.6 is 11.6 Å². The molecule has 2 aromatic rings. The van der Waals surface area contributed by atoms with Crippen LogP contribution in [0.2, 0.25) is 5.02 Å². The van der Waals surface area contributed by atoms with Crippen LogP contribution in [0.15, 0.2) is 42.5 Å². The minimum absolute atomic E-state index is 0.0283. The third-order valence-electron chi connectivity index (χ3n) is 3.73. The van der Waals surface area contributed by atoms with Crippen molar-refractivity contribution in [3.8, 4) is 5.75 Å². The van der Waals surface area contributed by atoms with Gasteiger partial charge in [0.2, 0.25) is 5.91 Å². The second-order valence-corrected chi connectivity index (χ2v) is 5.98. The van der Waals surface area contributed by atoms with Crippen molar-refractivity contribution in [3.05, 3.63) is 64.2 Å². The number of aromatic carboxylic acids is 1. The number of ketones is 1. The van der Waals surface area contributed by atoms with Gasteiger partial charge in [-0.2, -0.15) is 0 Å². The molecule has 2 rings (SSSR count). The summed E-state index contributed by atoms with van der Waals surface area (Å²) in [6.45, 7) is 0.257. The maximum absolute atomic E-state index is 12.3. The Morgan fingerprint density at radius 2 is 1.77 bits per heavy atom. The molecule has 0 bridgehead atoms. The Labute approximate surface area is 155 Å². The number of Topliss-reactive ketones (excluding diaryl/α,β-unsaturated/α-hetero) is 1. The topological polar surface area (TPSA) is 92.7 Å². The van der Waals surface area contributed by atoms with E-state index in [4.69, 9.17) is 21.4 Å². The van der Waals surface area contributed by atoms with Crippen molar-refractivity contribution in [1.29, 1.82) is 0 Å². The van der Waals surface area contributed by atoms with Crippen LogP contribution < -0.4 is 10.1 Å². The lowest BCUT2D eigenvalue weighted by molar-refractivity contribution is -0.121. The van der Waals surface area contributed by atoms with Crippen molar-refractivity contribution in [2.75, 3.05) is 7.11 Å². The number of amides is 1. The highest BCUT2D eigenvalue weighted by molar-refractivity contribution is 6.31. The second-order valence-electron chi connectivity index (χ2n) is 5.55. The summed E-state index contributed by atoms with van der Waals surface area (Å²) in [6.07, 6.45) is 0.0577. The van der Waals surface area contributed by atoms with Gasteiger partial charge in [0.05, 0.1) is 18.2 Å². The molecule has 0 saturated carbocycles. The molecule has 0 aliphatic carbocycles. The number of ether oxygens (including phenoxy) is 1. The van der Waals surface area contributed by atoms with Crippen LogP contribution in [0.4, 0.5) is 0 Å². The minimum Gasteiger partial charge on any atom is -0.496 e. The maximum atomic E-state index is 12.3. The van der Waals surface area contributed by atoms with Gasteiger partial charge in [-0.1, -0.05) is 23.7 Å². The molecule has 2 N–H and O–H groups in total. The standard InChI is InChI=1S/C19H18ClNO5/c1-26-17-8-6-14(20)10-15(17)16(22)7-9-18(23)21-11-12-2-4-13(5-3-12)19(24)25/h2-6,8,10H,7,9,11H2,1H3,(H,21,23)(H,24,25). The molecule has 0 fully saturated rings.